The fourth-order valence-corrected chi connectivity index (χ4v) is 4.32. The fraction of sp³-hybridized carbons (Fsp3) is 0.550. The number of amides is 1. The minimum Gasteiger partial charge on any atom is -0.393 e. The van der Waals surface area contributed by atoms with Crippen molar-refractivity contribution in [1.29, 1.82) is 0 Å². The summed E-state index contributed by atoms with van der Waals surface area (Å²) in [6, 6.07) is 8.13. The van der Waals surface area contributed by atoms with E-state index < -0.39 is 6.10 Å². The number of aryl methyl sites for hydroxylation is 2. The Morgan fingerprint density at radius 2 is 2.08 bits per heavy atom. The number of aliphatic hydroxyl groups is 1. The van der Waals surface area contributed by atoms with Crippen molar-refractivity contribution in [2.24, 2.45) is 5.92 Å². The van der Waals surface area contributed by atoms with Gasteiger partial charge in [-0.15, -0.1) is 0 Å². The number of aromatic nitrogens is 3. The van der Waals surface area contributed by atoms with Crippen LogP contribution in [-0.4, -0.2) is 38.8 Å². The molecule has 0 aliphatic heterocycles. The largest absolute Gasteiger partial charge is 0.393 e. The Balaban J connectivity index is 1.38. The molecule has 2 aromatic rings. The second kappa shape index (κ2) is 6.50. The number of benzene rings is 1. The maximum Gasteiger partial charge on any atom is 0.230 e. The van der Waals surface area contributed by atoms with Crippen molar-refractivity contribution in [3.8, 4) is 0 Å². The van der Waals surface area contributed by atoms with Crippen LogP contribution in [0.25, 0.3) is 0 Å². The van der Waals surface area contributed by atoms with Crippen LogP contribution in [0.15, 0.2) is 24.3 Å². The second-order valence-corrected chi connectivity index (χ2v) is 7.88. The molecular formula is C20H26N4O2. The molecule has 138 valence electrons. The summed E-state index contributed by atoms with van der Waals surface area (Å²) in [7, 11) is 0. The number of nitrogens with zero attached hydrogens (tertiary/aromatic N) is 2. The van der Waals surface area contributed by atoms with Gasteiger partial charge in [0.2, 0.25) is 5.91 Å². The molecule has 2 fully saturated rings. The van der Waals surface area contributed by atoms with E-state index in [1.54, 1.807) is 0 Å². The molecule has 1 heterocycles. The van der Waals surface area contributed by atoms with E-state index in [1.165, 1.54) is 5.56 Å². The van der Waals surface area contributed by atoms with Crippen LogP contribution < -0.4 is 5.32 Å². The number of rotatable bonds is 5. The molecule has 1 aromatic heterocycles. The molecule has 2 aliphatic rings. The zero-order valence-corrected chi connectivity index (χ0v) is 15.3. The minimum absolute atomic E-state index is 0.0513. The van der Waals surface area contributed by atoms with Gasteiger partial charge in [0.25, 0.3) is 0 Å². The number of carbonyl (C=O) groups excluding carboxylic acids is 1. The SMILES string of the molecule is Cc1nc([C@H]2C[C@H](CNC(=O)C3(c4ccccc4C)CC3)[C@H](O)C2)n[nH]1. The summed E-state index contributed by atoms with van der Waals surface area (Å²) >= 11 is 0. The van der Waals surface area contributed by atoms with Crippen molar-refractivity contribution in [3.05, 3.63) is 47.0 Å². The smallest absolute Gasteiger partial charge is 0.230 e. The molecule has 0 spiro atoms. The van der Waals surface area contributed by atoms with Crippen molar-refractivity contribution in [2.45, 2.75) is 57.0 Å². The first kappa shape index (κ1) is 17.2. The molecule has 4 rings (SSSR count). The maximum atomic E-state index is 12.9. The predicted octanol–water partition coefficient (Wildman–Crippen LogP) is 2.12. The Labute approximate surface area is 153 Å². The molecule has 0 unspecified atom stereocenters. The molecule has 0 saturated heterocycles. The molecular weight excluding hydrogens is 328 g/mol. The molecule has 2 saturated carbocycles. The van der Waals surface area contributed by atoms with Gasteiger partial charge in [-0.05, 0) is 50.7 Å². The van der Waals surface area contributed by atoms with E-state index in [2.05, 4.69) is 39.6 Å². The van der Waals surface area contributed by atoms with Gasteiger partial charge in [0.15, 0.2) is 5.82 Å². The van der Waals surface area contributed by atoms with E-state index in [4.69, 9.17) is 0 Å². The molecule has 2 aliphatic carbocycles. The van der Waals surface area contributed by atoms with Crippen LogP contribution in [0.5, 0.6) is 0 Å². The highest BCUT2D eigenvalue weighted by Crippen LogP contribution is 2.49. The van der Waals surface area contributed by atoms with Crippen molar-refractivity contribution < 1.29 is 9.90 Å². The lowest BCUT2D eigenvalue weighted by molar-refractivity contribution is -0.123. The minimum atomic E-state index is -0.423. The highest BCUT2D eigenvalue weighted by atomic mass is 16.3. The third-order valence-electron chi connectivity index (χ3n) is 6.01. The quantitative estimate of drug-likeness (QED) is 0.767. The van der Waals surface area contributed by atoms with Crippen molar-refractivity contribution in [2.75, 3.05) is 6.54 Å². The molecule has 1 amide bonds. The first-order valence-corrected chi connectivity index (χ1v) is 9.41. The summed E-state index contributed by atoms with van der Waals surface area (Å²) in [5, 5.41) is 20.6. The van der Waals surface area contributed by atoms with Crippen molar-refractivity contribution in [3.63, 3.8) is 0 Å². The molecule has 1 aromatic carbocycles. The van der Waals surface area contributed by atoms with Crippen LogP contribution in [0.3, 0.4) is 0 Å². The summed E-state index contributed by atoms with van der Waals surface area (Å²) in [5.41, 5.74) is 1.94. The van der Waals surface area contributed by atoms with Gasteiger partial charge in [-0.3, -0.25) is 9.89 Å². The number of carbonyl (C=O) groups is 1. The third kappa shape index (κ3) is 3.03. The Bertz CT molecular complexity index is 812. The normalized spacial score (nSPS) is 26.7. The van der Waals surface area contributed by atoms with Gasteiger partial charge in [-0.1, -0.05) is 24.3 Å². The van der Waals surface area contributed by atoms with Crippen LogP contribution in [-0.2, 0) is 10.2 Å². The summed E-state index contributed by atoms with van der Waals surface area (Å²) in [5.74, 6) is 1.86. The Hall–Kier alpha value is -2.21. The van der Waals surface area contributed by atoms with E-state index in [9.17, 15) is 9.90 Å². The lowest BCUT2D eigenvalue weighted by Crippen LogP contribution is -2.39. The summed E-state index contributed by atoms with van der Waals surface area (Å²) in [6.45, 7) is 4.45. The van der Waals surface area contributed by atoms with Gasteiger partial charge < -0.3 is 10.4 Å². The van der Waals surface area contributed by atoms with Crippen LogP contribution in [0.4, 0.5) is 0 Å². The fourth-order valence-electron chi connectivity index (χ4n) is 4.32. The number of nitrogens with one attached hydrogen (secondary N) is 2. The molecule has 6 nitrogen and oxygen atoms in total. The predicted molar refractivity (Wildman–Crippen MR) is 97.7 cm³/mol. The lowest BCUT2D eigenvalue weighted by atomic mass is 9.91. The number of hydrogen-bond acceptors (Lipinski definition) is 4. The lowest BCUT2D eigenvalue weighted by Gasteiger charge is -2.21. The van der Waals surface area contributed by atoms with E-state index in [0.717, 1.165) is 36.5 Å². The van der Waals surface area contributed by atoms with Gasteiger partial charge in [0.05, 0.1) is 11.5 Å². The molecule has 26 heavy (non-hydrogen) atoms. The zero-order valence-electron chi connectivity index (χ0n) is 15.3. The van der Waals surface area contributed by atoms with E-state index in [1.807, 2.05) is 19.1 Å². The summed E-state index contributed by atoms with van der Waals surface area (Å²) in [4.78, 5) is 17.3. The van der Waals surface area contributed by atoms with Crippen LogP contribution in [0.1, 0.15) is 54.4 Å². The van der Waals surface area contributed by atoms with Crippen molar-refractivity contribution >= 4 is 5.91 Å². The van der Waals surface area contributed by atoms with E-state index >= 15 is 0 Å². The summed E-state index contributed by atoms with van der Waals surface area (Å²) in [6.07, 6.45) is 2.83. The van der Waals surface area contributed by atoms with E-state index in [0.29, 0.717) is 13.0 Å². The average molecular weight is 354 g/mol. The topological polar surface area (TPSA) is 90.9 Å². The Kier molecular flexibility index (Phi) is 4.31. The maximum absolute atomic E-state index is 12.9. The molecule has 6 heteroatoms. The molecule has 0 bridgehead atoms. The van der Waals surface area contributed by atoms with Crippen LogP contribution in [0.2, 0.25) is 0 Å². The molecule has 3 atom stereocenters. The van der Waals surface area contributed by atoms with Gasteiger partial charge in [0, 0.05) is 18.4 Å². The average Bonchev–Trinajstić information content (AvgIpc) is 3.18. The van der Waals surface area contributed by atoms with Crippen molar-refractivity contribution in [1.82, 2.24) is 20.5 Å². The second-order valence-electron chi connectivity index (χ2n) is 7.88. The highest BCUT2D eigenvalue weighted by molar-refractivity contribution is 5.91. The van der Waals surface area contributed by atoms with Gasteiger partial charge in [0.1, 0.15) is 5.82 Å². The number of H-pyrrole nitrogens is 1. The standard InChI is InChI=1S/C20H26N4O2/c1-12-5-3-4-6-16(12)20(7-8-20)19(26)21-11-15-9-14(10-17(15)25)18-22-13(2)23-24-18/h3-6,14-15,17,25H,7-11H2,1-2H3,(H,21,26)(H,22,23,24)/t14-,15+,17+/m0/s1. The zero-order chi connectivity index (χ0) is 18.3. The van der Waals surface area contributed by atoms with E-state index in [-0.39, 0.29) is 23.2 Å². The van der Waals surface area contributed by atoms with Gasteiger partial charge in [-0.25, -0.2) is 4.98 Å². The molecule has 3 N–H and O–H groups in total. The number of aliphatic hydroxyl groups excluding tert-OH is 1. The monoisotopic (exact) mass is 354 g/mol. The first-order valence-electron chi connectivity index (χ1n) is 9.41. The van der Waals surface area contributed by atoms with Gasteiger partial charge >= 0.3 is 0 Å². The highest BCUT2D eigenvalue weighted by Gasteiger charge is 2.52. The number of hydrogen-bond donors (Lipinski definition) is 3. The van der Waals surface area contributed by atoms with Crippen LogP contribution >= 0.6 is 0 Å². The third-order valence-corrected chi connectivity index (χ3v) is 6.01. The Morgan fingerprint density at radius 1 is 1.31 bits per heavy atom. The van der Waals surface area contributed by atoms with Gasteiger partial charge in [-0.2, -0.15) is 5.10 Å². The molecule has 0 radical (unpaired) electrons. The Morgan fingerprint density at radius 3 is 2.73 bits per heavy atom. The first-order chi connectivity index (χ1) is 12.5. The summed E-state index contributed by atoms with van der Waals surface area (Å²) < 4.78 is 0. The van der Waals surface area contributed by atoms with Crippen LogP contribution in [0, 0.1) is 19.8 Å². The number of aromatic amines is 1.